The van der Waals surface area contributed by atoms with E-state index in [0.29, 0.717) is 36.0 Å². The van der Waals surface area contributed by atoms with Crippen LogP contribution in [0.15, 0.2) is 85.3 Å². The zero-order valence-corrected chi connectivity index (χ0v) is 20.4. The Labute approximate surface area is 218 Å². The zero-order valence-electron chi connectivity index (χ0n) is 20.4. The Kier molecular flexibility index (Phi) is 6.52. The maximum absolute atomic E-state index is 12.8. The number of hydrogen-bond acceptors (Lipinski definition) is 7. The molecule has 1 fully saturated rings. The van der Waals surface area contributed by atoms with Gasteiger partial charge in [0.15, 0.2) is 5.65 Å². The molecule has 0 bridgehead atoms. The third-order valence-corrected chi connectivity index (χ3v) is 6.23. The number of urea groups is 1. The first kappa shape index (κ1) is 23.4. The number of rotatable bonds is 6. The molecule has 1 aliphatic heterocycles. The summed E-state index contributed by atoms with van der Waals surface area (Å²) in [5, 5.41) is 13.6. The number of nitrogens with zero attached hydrogens (tertiary/aromatic N) is 4. The van der Waals surface area contributed by atoms with Gasteiger partial charge in [0.25, 0.3) is 0 Å². The summed E-state index contributed by atoms with van der Waals surface area (Å²) in [6.07, 6.45) is 3.20. The fourth-order valence-corrected chi connectivity index (χ4v) is 4.41. The fraction of sp³-hybridized carbons (Fsp3) is 0.143. The van der Waals surface area contributed by atoms with Gasteiger partial charge in [-0.1, -0.05) is 24.3 Å². The lowest BCUT2D eigenvalue weighted by Gasteiger charge is -2.30. The molecule has 3 heterocycles. The Morgan fingerprint density at radius 1 is 0.921 bits per heavy atom. The predicted octanol–water partition coefficient (Wildman–Crippen LogP) is 5.29. The lowest BCUT2D eigenvalue weighted by molar-refractivity contribution is 0.123. The molecule has 1 aliphatic rings. The smallest absolute Gasteiger partial charge is 0.323 e. The number of fused-ring (bicyclic) bond motifs is 1. The Morgan fingerprint density at radius 2 is 1.71 bits per heavy atom. The molecule has 0 spiro atoms. The highest BCUT2D eigenvalue weighted by Gasteiger charge is 2.16. The minimum absolute atomic E-state index is 0.322. The number of aromatic nitrogens is 4. The van der Waals surface area contributed by atoms with Gasteiger partial charge in [0, 0.05) is 24.3 Å². The number of para-hydroxylation sites is 3. The van der Waals surface area contributed by atoms with Crippen molar-refractivity contribution in [2.75, 3.05) is 41.8 Å². The van der Waals surface area contributed by atoms with E-state index >= 15 is 0 Å². The maximum atomic E-state index is 12.8. The van der Waals surface area contributed by atoms with Gasteiger partial charge in [-0.05, 0) is 48.5 Å². The predicted molar refractivity (Wildman–Crippen MR) is 146 cm³/mol. The summed E-state index contributed by atoms with van der Waals surface area (Å²) in [6, 6.07) is 22.3. The number of benzene rings is 3. The molecule has 3 N–H and O–H groups in total. The Balaban J connectivity index is 1.14. The average Bonchev–Trinajstić information content (AvgIpc) is 3.45. The summed E-state index contributed by atoms with van der Waals surface area (Å²) in [7, 11) is 0. The lowest BCUT2D eigenvalue weighted by atomic mass is 10.1. The number of nitrogens with one attached hydrogen (secondary N) is 3. The van der Waals surface area contributed by atoms with Crippen LogP contribution < -0.4 is 20.3 Å². The topological polar surface area (TPSA) is 117 Å². The quantitative estimate of drug-likeness (QED) is 0.286. The number of morpholine rings is 1. The molecule has 0 aliphatic carbocycles. The van der Waals surface area contributed by atoms with Gasteiger partial charge in [-0.25, -0.2) is 14.8 Å². The van der Waals surface area contributed by atoms with E-state index in [1.54, 1.807) is 18.3 Å². The van der Waals surface area contributed by atoms with Crippen molar-refractivity contribution in [3.8, 4) is 22.8 Å². The lowest BCUT2D eigenvalue weighted by Crippen LogP contribution is -2.36. The summed E-state index contributed by atoms with van der Waals surface area (Å²) in [4.78, 5) is 23.6. The summed E-state index contributed by atoms with van der Waals surface area (Å²) in [6.45, 7) is 2.92. The molecule has 3 aromatic carbocycles. The van der Waals surface area contributed by atoms with E-state index in [2.05, 4.69) is 35.7 Å². The van der Waals surface area contributed by atoms with E-state index in [9.17, 15) is 4.79 Å². The SMILES string of the molecule is O=C(Nc1ccc(Oc2ccccc2-c2ncnc3[nH]ncc23)cc1)Nc1ccccc1N1CCOCC1. The summed E-state index contributed by atoms with van der Waals surface area (Å²) < 4.78 is 11.6. The third-order valence-electron chi connectivity index (χ3n) is 6.23. The number of hydrogen-bond donors (Lipinski definition) is 3. The highest BCUT2D eigenvalue weighted by molar-refractivity contribution is 6.02. The minimum Gasteiger partial charge on any atom is -0.457 e. The van der Waals surface area contributed by atoms with Gasteiger partial charge in [-0.3, -0.25) is 5.10 Å². The average molecular weight is 508 g/mol. The number of carbonyl (C=O) groups is 1. The molecule has 1 saturated heterocycles. The summed E-state index contributed by atoms with van der Waals surface area (Å²) in [5.41, 5.74) is 4.58. The van der Waals surface area contributed by atoms with Crippen LogP contribution in [-0.4, -0.2) is 52.5 Å². The molecule has 5 aromatic rings. The number of H-pyrrole nitrogens is 1. The molecule has 0 saturated carbocycles. The molecular formula is C28H25N7O3. The molecule has 0 atom stereocenters. The van der Waals surface area contributed by atoms with Gasteiger partial charge >= 0.3 is 6.03 Å². The van der Waals surface area contributed by atoms with Crippen LogP contribution in [-0.2, 0) is 4.74 Å². The second-order valence-corrected chi connectivity index (χ2v) is 8.67. The number of anilines is 3. The van der Waals surface area contributed by atoms with Crippen LogP contribution in [0.2, 0.25) is 0 Å². The van der Waals surface area contributed by atoms with Crippen molar-refractivity contribution in [3.63, 3.8) is 0 Å². The van der Waals surface area contributed by atoms with Gasteiger partial charge in [-0.15, -0.1) is 0 Å². The van der Waals surface area contributed by atoms with Crippen LogP contribution in [0.25, 0.3) is 22.3 Å². The standard InChI is InChI=1S/C28H25N7O3/c36-28(33-23-6-2-3-7-24(23)35-13-15-37-16-14-35)32-19-9-11-20(12-10-19)38-25-8-4-1-5-21(25)26-22-17-31-34-27(22)30-18-29-26/h1-12,17-18H,13-16H2,(H2,32,33,36)(H,29,30,31,34). The van der Waals surface area contributed by atoms with Crippen LogP contribution in [0, 0.1) is 0 Å². The number of amides is 2. The van der Waals surface area contributed by atoms with E-state index in [1.165, 1.54) is 6.33 Å². The van der Waals surface area contributed by atoms with E-state index < -0.39 is 0 Å². The van der Waals surface area contributed by atoms with Crippen molar-refractivity contribution in [1.29, 1.82) is 0 Å². The first-order chi connectivity index (χ1) is 18.7. The molecule has 6 rings (SSSR count). The van der Waals surface area contributed by atoms with Crippen molar-refractivity contribution >= 4 is 34.1 Å². The molecular weight excluding hydrogens is 482 g/mol. The van der Waals surface area contributed by atoms with Crippen molar-refractivity contribution in [3.05, 3.63) is 85.3 Å². The first-order valence-electron chi connectivity index (χ1n) is 12.3. The Hall–Kier alpha value is -4.96. The number of ether oxygens (including phenoxy) is 2. The van der Waals surface area contributed by atoms with Crippen molar-refractivity contribution in [1.82, 2.24) is 20.2 Å². The number of carbonyl (C=O) groups excluding carboxylic acids is 1. The Bertz CT molecular complexity index is 1560. The van der Waals surface area contributed by atoms with Gasteiger partial charge in [0.1, 0.15) is 17.8 Å². The molecule has 0 unspecified atom stereocenters. The molecule has 2 amide bonds. The summed E-state index contributed by atoms with van der Waals surface area (Å²) >= 11 is 0. The van der Waals surface area contributed by atoms with Crippen LogP contribution in [0.1, 0.15) is 0 Å². The van der Waals surface area contributed by atoms with E-state index in [1.807, 2.05) is 60.7 Å². The van der Waals surface area contributed by atoms with Crippen molar-refractivity contribution < 1.29 is 14.3 Å². The fourth-order valence-electron chi connectivity index (χ4n) is 4.41. The largest absolute Gasteiger partial charge is 0.457 e. The van der Waals surface area contributed by atoms with Crippen molar-refractivity contribution in [2.45, 2.75) is 0 Å². The molecule has 10 nitrogen and oxygen atoms in total. The minimum atomic E-state index is -0.322. The van der Waals surface area contributed by atoms with Crippen LogP contribution in [0.5, 0.6) is 11.5 Å². The van der Waals surface area contributed by atoms with Gasteiger partial charge < -0.3 is 25.0 Å². The van der Waals surface area contributed by atoms with Gasteiger partial charge in [-0.2, -0.15) is 5.10 Å². The molecule has 190 valence electrons. The first-order valence-corrected chi connectivity index (χ1v) is 12.3. The van der Waals surface area contributed by atoms with Crippen molar-refractivity contribution in [2.24, 2.45) is 0 Å². The van der Waals surface area contributed by atoms with Crippen LogP contribution >= 0.6 is 0 Å². The molecule has 10 heteroatoms. The summed E-state index contributed by atoms with van der Waals surface area (Å²) in [5.74, 6) is 1.27. The van der Waals surface area contributed by atoms with E-state index in [-0.39, 0.29) is 6.03 Å². The highest BCUT2D eigenvalue weighted by Crippen LogP contribution is 2.35. The normalized spacial score (nSPS) is 13.3. The van der Waals surface area contributed by atoms with E-state index in [4.69, 9.17) is 9.47 Å². The monoisotopic (exact) mass is 507 g/mol. The number of aromatic amines is 1. The highest BCUT2D eigenvalue weighted by atomic mass is 16.5. The molecule has 2 aromatic heterocycles. The van der Waals surface area contributed by atoms with Crippen LogP contribution in [0.3, 0.4) is 0 Å². The maximum Gasteiger partial charge on any atom is 0.323 e. The molecule has 0 radical (unpaired) electrons. The van der Waals surface area contributed by atoms with E-state index in [0.717, 1.165) is 41.1 Å². The Morgan fingerprint density at radius 3 is 2.58 bits per heavy atom. The second kappa shape index (κ2) is 10.6. The van der Waals surface area contributed by atoms with Crippen LogP contribution in [0.4, 0.5) is 21.9 Å². The third kappa shape index (κ3) is 4.97. The molecule has 38 heavy (non-hydrogen) atoms. The van der Waals surface area contributed by atoms with Gasteiger partial charge in [0.2, 0.25) is 0 Å². The second-order valence-electron chi connectivity index (χ2n) is 8.67. The van der Waals surface area contributed by atoms with Gasteiger partial charge in [0.05, 0.1) is 41.9 Å². The zero-order chi connectivity index (χ0) is 25.7.